The molecule has 0 aromatic carbocycles. The van der Waals surface area contributed by atoms with Gasteiger partial charge in [-0.15, -0.1) is 6.58 Å². The highest BCUT2D eigenvalue weighted by Gasteiger charge is 2.27. The second-order valence-electron chi connectivity index (χ2n) is 7.15. The molecule has 124 valence electrons. The van der Waals surface area contributed by atoms with Gasteiger partial charge in [-0.1, -0.05) is 78.5 Å². The fourth-order valence-electron chi connectivity index (χ4n) is 3.92. The van der Waals surface area contributed by atoms with Crippen molar-refractivity contribution < 1.29 is 0 Å². The Morgan fingerprint density at radius 2 is 1.57 bits per heavy atom. The molecular formula is C21H40. The molecule has 0 spiro atoms. The molecule has 0 radical (unpaired) electrons. The Kier molecular flexibility index (Phi) is 11.8. The molecule has 4 unspecified atom stereocenters. The Labute approximate surface area is 135 Å². The summed E-state index contributed by atoms with van der Waals surface area (Å²) >= 11 is 0. The van der Waals surface area contributed by atoms with Crippen LogP contribution in [0.15, 0.2) is 24.8 Å². The maximum atomic E-state index is 4.02. The molecule has 0 fully saturated rings. The fraction of sp³-hybridized carbons (Fsp3) is 0.810. The third-order valence-electron chi connectivity index (χ3n) is 5.06. The summed E-state index contributed by atoms with van der Waals surface area (Å²) in [6.45, 7) is 18.0. The summed E-state index contributed by atoms with van der Waals surface area (Å²) in [5, 5.41) is 0. The number of rotatable bonds is 12. The second-order valence-corrected chi connectivity index (χ2v) is 7.15. The van der Waals surface area contributed by atoms with Gasteiger partial charge in [-0.3, -0.25) is 0 Å². The first-order valence-corrected chi connectivity index (χ1v) is 9.25. The van der Waals surface area contributed by atoms with Gasteiger partial charge >= 0.3 is 0 Å². The molecule has 0 rings (SSSR count). The molecule has 0 amide bonds. The topological polar surface area (TPSA) is 0 Å². The number of hydrogen-bond acceptors (Lipinski definition) is 0. The zero-order valence-electron chi connectivity index (χ0n) is 15.6. The van der Waals surface area contributed by atoms with Crippen molar-refractivity contribution in [2.75, 3.05) is 0 Å². The minimum atomic E-state index is 0.705. The summed E-state index contributed by atoms with van der Waals surface area (Å²) in [7, 11) is 0. The van der Waals surface area contributed by atoms with Crippen molar-refractivity contribution in [3.8, 4) is 0 Å². The zero-order chi connectivity index (χ0) is 16.3. The van der Waals surface area contributed by atoms with Crippen molar-refractivity contribution in [2.24, 2.45) is 29.6 Å². The molecule has 0 bridgehead atoms. The molecule has 4 atom stereocenters. The van der Waals surface area contributed by atoms with E-state index in [1.807, 2.05) is 0 Å². The minimum Gasteiger partial charge on any atom is -0.103 e. The molecule has 0 heterocycles. The Balaban J connectivity index is 5.00. The van der Waals surface area contributed by atoms with Gasteiger partial charge in [0.1, 0.15) is 0 Å². The van der Waals surface area contributed by atoms with E-state index in [-0.39, 0.29) is 0 Å². The van der Waals surface area contributed by atoms with Crippen LogP contribution in [-0.4, -0.2) is 0 Å². The van der Waals surface area contributed by atoms with Crippen LogP contribution < -0.4 is 0 Å². The summed E-state index contributed by atoms with van der Waals surface area (Å²) in [4.78, 5) is 0. The quantitative estimate of drug-likeness (QED) is 0.332. The predicted octanol–water partition coefficient (Wildman–Crippen LogP) is 7.27. The fourth-order valence-corrected chi connectivity index (χ4v) is 3.92. The standard InChI is InChI=1S/C21H40/c1-8-12-18(7)19(13-9-2)16-20(14-10-3)21(15-11-4)17(5)6/h8,10,12,17-21H,3,9,11,13-16H2,1-2,4-7H3. The van der Waals surface area contributed by atoms with E-state index in [0.29, 0.717) is 5.92 Å². The van der Waals surface area contributed by atoms with Crippen LogP contribution >= 0.6 is 0 Å². The molecule has 0 aliphatic rings. The van der Waals surface area contributed by atoms with Crippen LogP contribution in [-0.2, 0) is 0 Å². The Morgan fingerprint density at radius 1 is 0.952 bits per heavy atom. The van der Waals surface area contributed by atoms with Crippen LogP contribution in [0.1, 0.15) is 80.1 Å². The van der Waals surface area contributed by atoms with Gasteiger partial charge in [-0.2, -0.15) is 0 Å². The van der Waals surface area contributed by atoms with Gasteiger partial charge in [-0.05, 0) is 49.4 Å². The monoisotopic (exact) mass is 292 g/mol. The Bertz CT molecular complexity index is 274. The van der Waals surface area contributed by atoms with Gasteiger partial charge in [-0.25, -0.2) is 0 Å². The van der Waals surface area contributed by atoms with Crippen molar-refractivity contribution in [3.05, 3.63) is 24.8 Å². The van der Waals surface area contributed by atoms with Crippen LogP contribution in [0.2, 0.25) is 0 Å². The van der Waals surface area contributed by atoms with Gasteiger partial charge in [0.05, 0.1) is 0 Å². The highest BCUT2D eigenvalue weighted by Crippen LogP contribution is 2.36. The molecule has 0 N–H and O–H groups in total. The third kappa shape index (κ3) is 7.88. The summed E-state index contributed by atoms with van der Waals surface area (Å²) in [5.41, 5.74) is 0. The highest BCUT2D eigenvalue weighted by atomic mass is 14.3. The molecule has 0 saturated carbocycles. The summed E-state index contributed by atoms with van der Waals surface area (Å²) < 4.78 is 0. The molecule has 0 aromatic heterocycles. The lowest BCUT2D eigenvalue weighted by Crippen LogP contribution is -2.24. The minimum absolute atomic E-state index is 0.705. The van der Waals surface area contributed by atoms with Gasteiger partial charge in [0.2, 0.25) is 0 Å². The first kappa shape index (κ1) is 20.5. The molecule has 0 aromatic rings. The molecule has 0 saturated heterocycles. The molecule has 0 nitrogen and oxygen atoms in total. The molecular weight excluding hydrogens is 252 g/mol. The van der Waals surface area contributed by atoms with Gasteiger partial charge in [0.15, 0.2) is 0 Å². The average molecular weight is 293 g/mol. The van der Waals surface area contributed by atoms with Crippen molar-refractivity contribution >= 4 is 0 Å². The van der Waals surface area contributed by atoms with Crippen LogP contribution in [0.5, 0.6) is 0 Å². The normalized spacial score (nSPS) is 17.9. The third-order valence-corrected chi connectivity index (χ3v) is 5.06. The smallest absolute Gasteiger partial charge is 0.0234 e. The number of allylic oxidation sites excluding steroid dienone is 3. The predicted molar refractivity (Wildman–Crippen MR) is 98.5 cm³/mol. The van der Waals surface area contributed by atoms with Crippen molar-refractivity contribution in [2.45, 2.75) is 80.1 Å². The van der Waals surface area contributed by atoms with E-state index in [1.165, 1.54) is 38.5 Å². The summed E-state index contributed by atoms with van der Waals surface area (Å²) in [6.07, 6.45) is 14.7. The van der Waals surface area contributed by atoms with E-state index < -0.39 is 0 Å². The van der Waals surface area contributed by atoms with E-state index in [4.69, 9.17) is 0 Å². The number of hydrogen-bond donors (Lipinski definition) is 0. The summed E-state index contributed by atoms with van der Waals surface area (Å²) in [6, 6.07) is 0. The second kappa shape index (κ2) is 12.1. The Hall–Kier alpha value is -0.520. The van der Waals surface area contributed by atoms with Crippen LogP contribution in [0.4, 0.5) is 0 Å². The first-order valence-electron chi connectivity index (χ1n) is 9.25. The Morgan fingerprint density at radius 3 is 2.00 bits per heavy atom. The van der Waals surface area contributed by atoms with E-state index in [9.17, 15) is 0 Å². The molecule has 0 aliphatic carbocycles. The van der Waals surface area contributed by atoms with Gasteiger partial charge in [0.25, 0.3) is 0 Å². The van der Waals surface area contributed by atoms with Crippen molar-refractivity contribution in [3.63, 3.8) is 0 Å². The summed E-state index contributed by atoms with van der Waals surface area (Å²) in [5.74, 6) is 3.98. The van der Waals surface area contributed by atoms with E-state index in [0.717, 1.165) is 23.7 Å². The lowest BCUT2D eigenvalue weighted by atomic mass is 9.72. The maximum absolute atomic E-state index is 4.02. The first-order chi connectivity index (χ1) is 10.0. The van der Waals surface area contributed by atoms with Gasteiger partial charge < -0.3 is 0 Å². The van der Waals surface area contributed by atoms with Crippen LogP contribution in [0.25, 0.3) is 0 Å². The molecule has 21 heavy (non-hydrogen) atoms. The lowest BCUT2D eigenvalue weighted by molar-refractivity contribution is 0.180. The van der Waals surface area contributed by atoms with E-state index in [2.05, 4.69) is 66.3 Å². The van der Waals surface area contributed by atoms with Crippen molar-refractivity contribution in [1.29, 1.82) is 0 Å². The van der Waals surface area contributed by atoms with Gasteiger partial charge in [0, 0.05) is 0 Å². The zero-order valence-corrected chi connectivity index (χ0v) is 15.6. The maximum Gasteiger partial charge on any atom is -0.0234 e. The van der Waals surface area contributed by atoms with E-state index >= 15 is 0 Å². The van der Waals surface area contributed by atoms with Crippen LogP contribution in [0.3, 0.4) is 0 Å². The molecule has 0 heteroatoms. The van der Waals surface area contributed by atoms with E-state index in [1.54, 1.807) is 0 Å². The average Bonchev–Trinajstić information content (AvgIpc) is 2.43. The molecule has 0 aliphatic heterocycles. The van der Waals surface area contributed by atoms with Crippen LogP contribution in [0, 0.1) is 29.6 Å². The highest BCUT2D eigenvalue weighted by molar-refractivity contribution is 4.90. The SMILES string of the molecule is C=CCC(CC(CCC)C(C)C=CC)C(CCC)C(C)C. The lowest BCUT2D eigenvalue weighted by Gasteiger charge is -2.34. The van der Waals surface area contributed by atoms with Crippen molar-refractivity contribution in [1.82, 2.24) is 0 Å². The largest absolute Gasteiger partial charge is 0.103 e.